The van der Waals surface area contributed by atoms with Crippen molar-refractivity contribution in [1.82, 2.24) is 9.97 Å². The molecular formula is C21H22FN5. The van der Waals surface area contributed by atoms with Gasteiger partial charge in [-0.25, -0.2) is 14.4 Å². The highest BCUT2D eigenvalue weighted by molar-refractivity contribution is 5.60. The molecule has 2 aromatic carbocycles. The largest absolute Gasteiger partial charge is 0.368 e. The summed E-state index contributed by atoms with van der Waals surface area (Å²) < 4.78 is 13.1. The van der Waals surface area contributed by atoms with Gasteiger partial charge in [-0.05, 0) is 43.3 Å². The summed E-state index contributed by atoms with van der Waals surface area (Å²) >= 11 is 0. The first-order valence-electron chi connectivity index (χ1n) is 9.08. The van der Waals surface area contributed by atoms with Crippen molar-refractivity contribution >= 4 is 23.0 Å². The zero-order valence-electron chi connectivity index (χ0n) is 15.3. The highest BCUT2D eigenvalue weighted by Gasteiger charge is 2.18. The topological polar surface area (TPSA) is 44.3 Å². The van der Waals surface area contributed by atoms with E-state index < -0.39 is 0 Å². The number of nitrogens with zero attached hydrogens (tertiary/aromatic N) is 4. The Labute approximate surface area is 158 Å². The molecule has 1 N–H and O–H groups in total. The number of nitrogens with one attached hydrogen (secondary N) is 1. The molecule has 0 bridgehead atoms. The molecule has 0 amide bonds. The van der Waals surface area contributed by atoms with E-state index in [1.165, 1.54) is 17.7 Å². The second-order valence-electron chi connectivity index (χ2n) is 6.70. The normalized spacial score (nSPS) is 14.3. The van der Waals surface area contributed by atoms with Gasteiger partial charge in [-0.2, -0.15) is 0 Å². The molecule has 5 nitrogen and oxygen atoms in total. The number of aromatic nitrogens is 2. The maximum absolute atomic E-state index is 13.1. The van der Waals surface area contributed by atoms with Gasteiger partial charge in [0.1, 0.15) is 23.8 Å². The van der Waals surface area contributed by atoms with Crippen molar-refractivity contribution in [2.75, 3.05) is 41.3 Å². The molecule has 0 unspecified atom stereocenters. The summed E-state index contributed by atoms with van der Waals surface area (Å²) in [6.45, 7) is 5.53. The number of benzene rings is 2. The van der Waals surface area contributed by atoms with Crippen molar-refractivity contribution in [1.29, 1.82) is 0 Å². The quantitative estimate of drug-likeness (QED) is 0.759. The van der Waals surface area contributed by atoms with Gasteiger partial charge in [0.2, 0.25) is 0 Å². The van der Waals surface area contributed by atoms with Crippen LogP contribution in [0.2, 0.25) is 0 Å². The van der Waals surface area contributed by atoms with E-state index in [1.807, 2.05) is 30.3 Å². The smallest absolute Gasteiger partial charge is 0.135 e. The minimum Gasteiger partial charge on any atom is -0.368 e. The molecule has 3 aromatic rings. The Balaban J connectivity index is 1.41. The average molecular weight is 363 g/mol. The van der Waals surface area contributed by atoms with E-state index in [4.69, 9.17) is 0 Å². The van der Waals surface area contributed by atoms with E-state index in [0.717, 1.165) is 49.2 Å². The molecule has 0 spiro atoms. The predicted molar refractivity (Wildman–Crippen MR) is 107 cm³/mol. The number of hydrogen-bond donors (Lipinski definition) is 1. The summed E-state index contributed by atoms with van der Waals surface area (Å²) in [5, 5.41) is 3.33. The first-order valence-corrected chi connectivity index (χ1v) is 9.08. The first-order chi connectivity index (χ1) is 13.2. The summed E-state index contributed by atoms with van der Waals surface area (Å²) in [6, 6.07) is 16.9. The van der Waals surface area contributed by atoms with Gasteiger partial charge in [0.15, 0.2) is 0 Å². The lowest BCUT2D eigenvalue weighted by Crippen LogP contribution is -2.46. The zero-order valence-corrected chi connectivity index (χ0v) is 15.3. The monoisotopic (exact) mass is 363 g/mol. The highest BCUT2D eigenvalue weighted by Crippen LogP contribution is 2.22. The molecule has 0 aliphatic carbocycles. The van der Waals surface area contributed by atoms with Gasteiger partial charge in [-0.3, -0.25) is 0 Å². The number of aryl methyl sites for hydroxylation is 1. The van der Waals surface area contributed by atoms with Gasteiger partial charge < -0.3 is 15.1 Å². The molecule has 1 aliphatic rings. The van der Waals surface area contributed by atoms with Crippen LogP contribution in [0.3, 0.4) is 0 Å². The fourth-order valence-corrected chi connectivity index (χ4v) is 3.22. The zero-order chi connectivity index (χ0) is 18.6. The molecule has 1 saturated heterocycles. The van der Waals surface area contributed by atoms with Gasteiger partial charge in [0, 0.05) is 43.6 Å². The third kappa shape index (κ3) is 4.16. The SMILES string of the molecule is Cc1ccc(Nc2cc(N3CCN(c4ccc(F)cc4)CC3)ncn2)cc1. The number of rotatable bonds is 4. The van der Waals surface area contributed by atoms with Crippen LogP contribution in [0.5, 0.6) is 0 Å². The minimum absolute atomic E-state index is 0.202. The van der Waals surface area contributed by atoms with Gasteiger partial charge >= 0.3 is 0 Å². The first kappa shape index (κ1) is 17.3. The van der Waals surface area contributed by atoms with Crippen molar-refractivity contribution in [3.63, 3.8) is 0 Å². The van der Waals surface area contributed by atoms with Crippen molar-refractivity contribution in [3.05, 3.63) is 72.3 Å². The summed E-state index contributed by atoms with van der Waals surface area (Å²) in [5.41, 5.74) is 3.29. The van der Waals surface area contributed by atoms with Crippen LogP contribution in [-0.2, 0) is 0 Å². The molecule has 2 heterocycles. The van der Waals surface area contributed by atoms with Crippen molar-refractivity contribution in [2.24, 2.45) is 0 Å². The summed E-state index contributed by atoms with van der Waals surface area (Å²) in [5.74, 6) is 1.50. The van der Waals surface area contributed by atoms with Gasteiger partial charge in [-0.1, -0.05) is 17.7 Å². The number of anilines is 4. The number of halogens is 1. The minimum atomic E-state index is -0.202. The average Bonchev–Trinajstić information content (AvgIpc) is 2.71. The molecule has 0 atom stereocenters. The highest BCUT2D eigenvalue weighted by atomic mass is 19.1. The van der Waals surface area contributed by atoms with E-state index in [-0.39, 0.29) is 5.82 Å². The Bertz CT molecular complexity index is 887. The number of piperazine rings is 1. The molecule has 1 aromatic heterocycles. The maximum atomic E-state index is 13.1. The fourth-order valence-electron chi connectivity index (χ4n) is 3.22. The molecule has 138 valence electrons. The molecule has 6 heteroatoms. The maximum Gasteiger partial charge on any atom is 0.135 e. The van der Waals surface area contributed by atoms with Crippen LogP contribution in [0.15, 0.2) is 60.9 Å². The Morgan fingerprint density at radius 2 is 1.52 bits per heavy atom. The standard InChI is InChI=1S/C21H22FN5/c1-16-2-6-18(7-3-16)25-20-14-21(24-15-23-20)27-12-10-26(11-13-27)19-8-4-17(22)5-9-19/h2-9,14-15H,10-13H2,1H3,(H,23,24,25). The van der Waals surface area contributed by atoms with Crippen LogP contribution >= 0.6 is 0 Å². The second kappa shape index (κ2) is 7.61. The predicted octanol–water partition coefficient (Wildman–Crippen LogP) is 3.99. The lowest BCUT2D eigenvalue weighted by atomic mass is 10.2. The second-order valence-corrected chi connectivity index (χ2v) is 6.70. The third-order valence-electron chi connectivity index (χ3n) is 4.77. The van der Waals surface area contributed by atoms with Gasteiger partial charge in [0.05, 0.1) is 0 Å². The molecule has 1 fully saturated rings. The van der Waals surface area contributed by atoms with E-state index in [0.29, 0.717) is 0 Å². The summed E-state index contributed by atoms with van der Waals surface area (Å²) in [6.07, 6.45) is 1.60. The lowest BCUT2D eigenvalue weighted by Gasteiger charge is -2.36. The molecule has 0 saturated carbocycles. The Kier molecular flexibility index (Phi) is 4.87. The molecule has 0 radical (unpaired) electrons. The van der Waals surface area contributed by atoms with E-state index in [2.05, 4.69) is 44.1 Å². The summed E-state index contributed by atoms with van der Waals surface area (Å²) in [7, 11) is 0. The van der Waals surface area contributed by atoms with Crippen LogP contribution < -0.4 is 15.1 Å². The van der Waals surface area contributed by atoms with Crippen LogP contribution in [0, 0.1) is 12.7 Å². The van der Waals surface area contributed by atoms with Gasteiger partial charge in [0.25, 0.3) is 0 Å². The Morgan fingerprint density at radius 1 is 0.852 bits per heavy atom. The van der Waals surface area contributed by atoms with Crippen LogP contribution in [0.1, 0.15) is 5.56 Å². The van der Waals surface area contributed by atoms with Crippen LogP contribution in [0.25, 0.3) is 0 Å². The number of hydrogen-bond acceptors (Lipinski definition) is 5. The van der Waals surface area contributed by atoms with E-state index in [9.17, 15) is 4.39 Å². The van der Waals surface area contributed by atoms with Crippen LogP contribution in [0.4, 0.5) is 27.4 Å². The van der Waals surface area contributed by atoms with Crippen molar-refractivity contribution < 1.29 is 4.39 Å². The van der Waals surface area contributed by atoms with Crippen molar-refractivity contribution in [3.8, 4) is 0 Å². The molecule has 4 rings (SSSR count). The van der Waals surface area contributed by atoms with Gasteiger partial charge in [-0.15, -0.1) is 0 Å². The Hall–Kier alpha value is -3.15. The molecule has 1 aliphatic heterocycles. The lowest BCUT2D eigenvalue weighted by molar-refractivity contribution is 0.624. The third-order valence-corrected chi connectivity index (χ3v) is 4.77. The molecular weight excluding hydrogens is 341 g/mol. The molecule has 27 heavy (non-hydrogen) atoms. The summed E-state index contributed by atoms with van der Waals surface area (Å²) in [4.78, 5) is 13.3. The van der Waals surface area contributed by atoms with Crippen molar-refractivity contribution in [2.45, 2.75) is 6.92 Å². The van der Waals surface area contributed by atoms with E-state index in [1.54, 1.807) is 6.33 Å². The van der Waals surface area contributed by atoms with E-state index >= 15 is 0 Å². The fraction of sp³-hybridized carbons (Fsp3) is 0.238. The van der Waals surface area contributed by atoms with Crippen LogP contribution in [-0.4, -0.2) is 36.1 Å². The Morgan fingerprint density at radius 3 is 2.22 bits per heavy atom.